The molecule has 118 valence electrons. The number of carbonyl (C=O) groups is 1. The predicted molar refractivity (Wildman–Crippen MR) is 77.1 cm³/mol. The lowest BCUT2D eigenvalue weighted by Crippen LogP contribution is -2.15. The smallest absolute Gasteiger partial charge is 0.306 e. The average Bonchev–Trinajstić information content (AvgIpc) is 2.94. The Bertz CT molecular complexity index is 869. The van der Waals surface area contributed by atoms with Crippen LogP contribution < -0.4 is 5.32 Å². The number of nitrogens with zero attached hydrogens (tertiary/aromatic N) is 3. The van der Waals surface area contributed by atoms with Crippen LogP contribution in [-0.2, 0) is 6.18 Å². The van der Waals surface area contributed by atoms with Gasteiger partial charge < -0.3 is 5.32 Å². The van der Waals surface area contributed by atoms with Gasteiger partial charge in [-0.05, 0) is 48.9 Å². The van der Waals surface area contributed by atoms with Gasteiger partial charge in [-0.3, -0.25) is 4.79 Å². The number of pyridine rings is 1. The van der Waals surface area contributed by atoms with Gasteiger partial charge in [0.1, 0.15) is 12.1 Å². The average molecular weight is 320 g/mol. The second kappa shape index (κ2) is 5.38. The molecule has 0 aliphatic carbocycles. The van der Waals surface area contributed by atoms with Crippen molar-refractivity contribution in [1.82, 2.24) is 14.6 Å². The fourth-order valence-electron chi connectivity index (χ4n) is 2.14. The summed E-state index contributed by atoms with van der Waals surface area (Å²) in [5.74, 6) is -0.136. The summed E-state index contributed by atoms with van der Waals surface area (Å²) in [7, 11) is 0. The summed E-state index contributed by atoms with van der Waals surface area (Å²) in [4.78, 5) is 16.2. The second-order valence-corrected chi connectivity index (χ2v) is 4.98. The van der Waals surface area contributed by atoms with Crippen LogP contribution in [0.1, 0.15) is 21.5 Å². The number of amides is 1. The molecule has 0 saturated carbocycles. The monoisotopic (exact) mass is 320 g/mol. The van der Waals surface area contributed by atoms with Gasteiger partial charge in [-0.1, -0.05) is 0 Å². The number of carbonyl (C=O) groups excluding carboxylic acids is 1. The van der Waals surface area contributed by atoms with Crippen molar-refractivity contribution in [2.24, 2.45) is 0 Å². The van der Waals surface area contributed by atoms with Crippen molar-refractivity contribution in [3.8, 4) is 0 Å². The van der Waals surface area contributed by atoms with Gasteiger partial charge in [-0.15, -0.1) is 0 Å². The third kappa shape index (κ3) is 3.01. The molecule has 1 N–H and O–H groups in total. The Labute approximate surface area is 128 Å². The molecule has 5 nitrogen and oxygen atoms in total. The Kier molecular flexibility index (Phi) is 3.51. The highest BCUT2D eigenvalue weighted by molar-refractivity contribution is 6.04. The molecule has 0 aliphatic rings. The van der Waals surface area contributed by atoms with Crippen LogP contribution in [-0.4, -0.2) is 20.5 Å². The van der Waals surface area contributed by atoms with E-state index in [1.807, 2.05) is 6.92 Å². The summed E-state index contributed by atoms with van der Waals surface area (Å²) in [5, 5.41) is 6.62. The minimum Gasteiger partial charge on any atom is -0.306 e. The van der Waals surface area contributed by atoms with E-state index in [0.717, 1.165) is 29.8 Å². The maximum absolute atomic E-state index is 12.5. The second-order valence-electron chi connectivity index (χ2n) is 4.98. The van der Waals surface area contributed by atoms with E-state index in [1.54, 1.807) is 12.1 Å². The normalized spacial score (nSPS) is 11.7. The van der Waals surface area contributed by atoms with Gasteiger partial charge in [-0.25, -0.2) is 4.98 Å². The van der Waals surface area contributed by atoms with Gasteiger partial charge in [0.05, 0.1) is 5.56 Å². The molecular formula is C15H11F3N4O. The largest absolute Gasteiger partial charge is 0.416 e. The highest BCUT2D eigenvalue weighted by Crippen LogP contribution is 2.29. The van der Waals surface area contributed by atoms with Crippen LogP contribution in [0.5, 0.6) is 0 Å². The van der Waals surface area contributed by atoms with E-state index in [1.165, 1.54) is 10.8 Å². The molecule has 0 spiro atoms. The van der Waals surface area contributed by atoms with Crippen molar-refractivity contribution in [1.29, 1.82) is 0 Å². The lowest BCUT2D eigenvalue weighted by molar-refractivity contribution is -0.137. The zero-order valence-electron chi connectivity index (χ0n) is 11.9. The van der Waals surface area contributed by atoms with E-state index in [2.05, 4.69) is 15.4 Å². The number of aryl methyl sites for hydroxylation is 1. The lowest BCUT2D eigenvalue weighted by atomic mass is 10.1. The fourth-order valence-corrected chi connectivity index (χ4v) is 2.14. The number of benzene rings is 1. The van der Waals surface area contributed by atoms with Crippen molar-refractivity contribution in [3.63, 3.8) is 0 Å². The maximum Gasteiger partial charge on any atom is 0.416 e. The predicted octanol–water partition coefficient (Wildman–Crippen LogP) is 3.31. The minimum absolute atomic E-state index is 0.118. The summed E-state index contributed by atoms with van der Waals surface area (Å²) in [6.45, 7) is 1.84. The van der Waals surface area contributed by atoms with Gasteiger partial charge in [0.25, 0.3) is 5.91 Å². The van der Waals surface area contributed by atoms with Gasteiger partial charge in [-0.2, -0.15) is 22.8 Å². The van der Waals surface area contributed by atoms with Gasteiger partial charge >= 0.3 is 6.18 Å². The Morgan fingerprint density at radius 3 is 2.52 bits per heavy atom. The molecule has 1 amide bonds. The number of fused-ring (bicyclic) bond motifs is 1. The highest BCUT2D eigenvalue weighted by Gasteiger charge is 2.30. The van der Waals surface area contributed by atoms with Crippen LogP contribution in [0.2, 0.25) is 0 Å². The summed E-state index contributed by atoms with van der Waals surface area (Å²) in [6, 6.07) is 7.50. The third-order valence-electron chi connectivity index (χ3n) is 3.24. The molecule has 0 aliphatic heterocycles. The van der Waals surface area contributed by atoms with E-state index >= 15 is 0 Å². The minimum atomic E-state index is -4.43. The van der Waals surface area contributed by atoms with E-state index in [-0.39, 0.29) is 5.56 Å². The standard InChI is InChI=1S/C15H11F3N4O/c1-9-6-12-19-8-20-22(12)13(7-9)21-14(23)10-2-4-11(5-3-10)15(16,17)18/h2-8H,1H3,(H,21,23). The molecule has 23 heavy (non-hydrogen) atoms. The fraction of sp³-hybridized carbons (Fsp3) is 0.133. The molecule has 2 heterocycles. The van der Waals surface area contributed by atoms with Crippen LogP contribution in [0.25, 0.3) is 5.65 Å². The third-order valence-corrected chi connectivity index (χ3v) is 3.24. The quantitative estimate of drug-likeness (QED) is 0.788. The molecule has 0 bridgehead atoms. The van der Waals surface area contributed by atoms with Crippen molar-refractivity contribution < 1.29 is 18.0 Å². The first kappa shape index (κ1) is 15.0. The number of aromatic nitrogens is 3. The molecule has 0 unspecified atom stereocenters. The lowest BCUT2D eigenvalue weighted by Gasteiger charge is -2.09. The van der Waals surface area contributed by atoms with E-state index < -0.39 is 17.6 Å². The molecule has 8 heteroatoms. The first-order valence-corrected chi connectivity index (χ1v) is 6.63. The van der Waals surface area contributed by atoms with Gasteiger partial charge in [0.15, 0.2) is 5.65 Å². The highest BCUT2D eigenvalue weighted by atomic mass is 19.4. The van der Waals surface area contributed by atoms with Crippen LogP contribution in [0, 0.1) is 6.92 Å². The summed E-state index contributed by atoms with van der Waals surface area (Å²) in [5.41, 5.74) is 0.747. The molecule has 1 aromatic carbocycles. The topological polar surface area (TPSA) is 59.3 Å². The van der Waals surface area contributed by atoms with Crippen molar-refractivity contribution in [3.05, 3.63) is 59.4 Å². The molecule has 2 aromatic heterocycles. The molecule has 0 fully saturated rings. The number of anilines is 1. The Hall–Kier alpha value is -2.90. The number of halogens is 3. The zero-order chi connectivity index (χ0) is 16.6. The van der Waals surface area contributed by atoms with Crippen LogP contribution in [0.15, 0.2) is 42.7 Å². The summed E-state index contributed by atoms with van der Waals surface area (Å²) >= 11 is 0. The van der Waals surface area contributed by atoms with E-state index in [0.29, 0.717) is 11.5 Å². The van der Waals surface area contributed by atoms with Crippen molar-refractivity contribution >= 4 is 17.4 Å². The summed E-state index contributed by atoms with van der Waals surface area (Å²) in [6.07, 6.45) is -3.08. The molecular weight excluding hydrogens is 309 g/mol. The summed E-state index contributed by atoms with van der Waals surface area (Å²) < 4.78 is 39.0. The number of alkyl halides is 3. The van der Waals surface area contributed by atoms with E-state index in [4.69, 9.17) is 0 Å². The molecule has 3 rings (SSSR count). The van der Waals surface area contributed by atoms with Crippen LogP contribution in [0.4, 0.5) is 19.0 Å². The zero-order valence-corrected chi connectivity index (χ0v) is 11.9. The number of hydrogen-bond acceptors (Lipinski definition) is 3. The number of rotatable bonds is 2. The molecule has 0 atom stereocenters. The van der Waals surface area contributed by atoms with Gasteiger partial charge in [0, 0.05) is 5.56 Å². The number of hydrogen-bond donors (Lipinski definition) is 1. The SMILES string of the molecule is Cc1cc(NC(=O)c2ccc(C(F)(F)F)cc2)n2ncnc2c1. The Morgan fingerprint density at radius 2 is 1.87 bits per heavy atom. The van der Waals surface area contributed by atoms with Gasteiger partial charge in [0.2, 0.25) is 0 Å². The molecule has 3 aromatic rings. The van der Waals surface area contributed by atoms with E-state index in [9.17, 15) is 18.0 Å². The first-order valence-electron chi connectivity index (χ1n) is 6.63. The molecule has 0 saturated heterocycles. The Morgan fingerprint density at radius 1 is 1.17 bits per heavy atom. The first-order chi connectivity index (χ1) is 10.8. The van der Waals surface area contributed by atoms with Crippen LogP contribution >= 0.6 is 0 Å². The van der Waals surface area contributed by atoms with Crippen molar-refractivity contribution in [2.45, 2.75) is 13.1 Å². The van der Waals surface area contributed by atoms with Crippen molar-refractivity contribution in [2.75, 3.05) is 5.32 Å². The number of nitrogens with one attached hydrogen (secondary N) is 1. The molecule has 0 radical (unpaired) electrons. The Balaban J connectivity index is 1.87. The maximum atomic E-state index is 12.5. The van der Waals surface area contributed by atoms with Crippen LogP contribution in [0.3, 0.4) is 0 Å².